The van der Waals surface area contributed by atoms with Gasteiger partial charge in [-0.2, -0.15) is 0 Å². The number of rotatable bonds is 7. The number of hydrogen-bond acceptors (Lipinski definition) is 4. The number of hydrogen-bond donors (Lipinski definition) is 2. The molecule has 0 aliphatic carbocycles. The van der Waals surface area contributed by atoms with Gasteiger partial charge in [0.1, 0.15) is 4.88 Å². The normalized spacial score (nSPS) is 10.4. The number of carbonyl (C=O) groups is 1. The van der Waals surface area contributed by atoms with Crippen LogP contribution in [0.25, 0.3) is 0 Å². The van der Waals surface area contributed by atoms with Crippen LogP contribution in [0.2, 0.25) is 0 Å². The minimum atomic E-state index is -0.0320. The Labute approximate surface area is 108 Å². The average Bonchev–Trinajstić information content (AvgIpc) is 2.69. The minimum absolute atomic E-state index is 0.0320. The van der Waals surface area contributed by atoms with E-state index < -0.39 is 0 Å². The van der Waals surface area contributed by atoms with E-state index in [4.69, 9.17) is 4.74 Å². The largest absolute Gasteiger partial charge is 0.383 e. The SMILES string of the molecule is COCCNCCNC(=O)c1sccc1Br. The highest BCUT2D eigenvalue weighted by atomic mass is 79.9. The Bertz CT molecular complexity index is 330. The highest BCUT2D eigenvalue weighted by Gasteiger charge is 2.09. The van der Waals surface area contributed by atoms with Gasteiger partial charge < -0.3 is 15.4 Å². The fourth-order valence-electron chi connectivity index (χ4n) is 1.10. The first-order chi connectivity index (χ1) is 7.75. The number of methoxy groups -OCH3 is 1. The van der Waals surface area contributed by atoms with E-state index in [0.717, 1.165) is 22.4 Å². The summed E-state index contributed by atoms with van der Waals surface area (Å²) in [5.41, 5.74) is 0. The summed E-state index contributed by atoms with van der Waals surface area (Å²) in [4.78, 5) is 12.4. The van der Waals surface area contributed by atoms with Crippen LogP contribution in [0.1, 0.15) is 9.67 Å². The zero-order valence-electron chi connectivity index (χ0n) is 9.09. The van der Waals surface area contributed by atoms with Crippen LogP contribution >= 0.6 is 27.3 Å². The van der Waals surface area contributed by atoms with Gasteiger partial charge in [0, 0.05) is 31.2 Å². The quantitative estimate of drug-likeness (QED) is 0.750. The van der Waals surface area contributed by atoms with Gasteiger partial charge >= 0.3 is 0 Å². The maximum Gasteiger partial charge on any atom is 0.262 e. The summed E-state index contributed by atoms with van der Waals surface area (Å²) in [6.45, 7) is 2.85. The zero-order chi connectivity index (χ0) is 11.8. The molecule has 0 aromatic carbocycles. The van der Waals surface area contributed by atoms with Crippen LogP contribution in [-0.4, -0.2) is 39.3 Å². The molecule has 0 atom stereocenters. The number of nitrogens with one attached hydrogen (secondary N) is 2. The van der Waals surface area contributed by atoms with Crippen molar-refractivity contribution in [3.63, 3.8) is 0 Å². The van der Waals surface area contributed by atoms with Gasteiger partial charge in [-0.3, -0.25) is 4.79 Å². The van der Waals surface area contributed by atoms with Crippen LogP contribution in [0, 0.1) is 0 Å². The molecule has 0 unspecified atom stereocenters. The van der Waals surface area contributed by atoms with Gasteiger partial charge in [-0.1, -0.05) is 0 Å². The van der Waals surface area contributed by atoms with E-state index in [2.05, 4.69) is 26.6 Å². The van der Waals surface area contributed by atoms with E-state index in [1.165, 1.54) is 11.3 Å². The van der Waals surface area contributed by atoms with Gasteiger partial charge in [0.15, 0.2) is 0 Å². The monoisotopic (exact) mass is 306 g/mol. The fraction of sp³-hybridized carbons (Fsp3) is 0.500. The topological polar surface area (TPSA) is 50.4 Å². The van der Waals surface area contributed by atoms with Crippen molar-refractivity contribution < 1.29 is 9.53 Å². The third-order valence-electron chi connectivity index (χ3n) is 1.89. The highest BCUT2D eigenvalue weighted by Crippen LogP contribution is 2.21. The fourth-order valence-corrected chi connectivity index (χ4v) is 2.57. The number of ether oxygens (including phenoxy) is 1. The molecule has 6 heteroatoms. The summed E-state index contributed by atoms with van der Waals surface area (Å²) in [7, 11) is 1.66. The van der Waals surface area contributed by atoms with E-state index in [9.17, 15) is 4.79 Å². The summed E-state index contributed by atoms with van der Waals surface area (Å²) < 4.78 is 5.74. The van der Waals surface area contributed by atoms with Crippen molar-refractivity contribution in [3.8, 4) is 0 Å². The second kappa shape index (κ2) is 7.78. The highest BCUT2D eigenvalue weighted by molar-refractivity contribution is 9.10. The van der Waals surface area contributed by atoms with Gasteiger partial charge in [0.25, 0.3) is 5.91 Å². The van der Waals surface area contributed by atoms with Crippen LogP contribution in [-0.2, 0) is 4.74 Å². The van der Waals surface area contributed by atoms with Crippen LogP contribution < -0.4 is 10.6 Å². The molecule has 0 fully saturated rings. The zero-order valence-corrected chi connectivity index (χ0v) is 11.5. The Hall–Kier alpha value is -0.430. The molecule has 0 radical (unpaired) electrons. The first-order valence-corrected chi connectivity index (χ1v) is 6.64. The van der Waals surface area contributed by atoms with Crippen LogP contribution in [0.5, 0.6) is 0 Å². The summed E-state index contributed by atoms with van der Waals surface area (Å²) in [5.74, 6) is -0.0320. The van der Waals surface area contributed by atoms with E-state index in [1.54, 1.807) is 7.11 Å². The second-order valence-corrected chi connectivity index (χ2v) is 4.87. The molecular weight excluding hydrogens is 292 g/mol. The van der Waals surface area contributed by atoms with E-state index in [-0.39, 0.29) is 5.91 Å². The molecule has 2 N–H and O–H groups in total. The third kappa shape index (κ3) is 4.61. The van der Waals surface area contributed by atoms with Gasteiger partial charge in [0.05, 0.1) is 6.61 Å². The lowest BCUT2D eigenvalue weighted by Crippen LogP contribution is -2.32. The Kier molecular flexibility index (Phi) is 6.63. The molecule has 4 nitrogen and oxygen atoms in total. The van der Waals surface area contributed by atoms with Crippen molar-refractivity contribution in [1.82, 2.24) is 10.6 Å². The Morgan fingerprint density at radius 1 is 1.50 bits per heavy atom. The number of thiophene rings is 1. The van der Waals surface area contributed by atoms with Crippen molar-refractivity contribution in [2.45, 2.75) is 0 Å². The van der Waals surface area contributed by atoms with Crippen molar-refractivity contribution >= 4 is 33.2 Å². The lowest BCUT2D eigenvalue weighted by molar-refractivity contribution is 0.0957. The Balaban J connectivity index is 2.14. The lowest BCUT2D eigenvalue weighted by Gasteiger charge is -2.05. The first kappa shape index (κ1) is 13.6. The maximum absolute atomic E-state index is 11.6. The van der Waals surface area contributed by atoms with Crippen molar-refractivity contribution in [2.24, 2.45) is 0 Å². The van der Waals surface area contributed by atoms with Crippen molar-refractivity contribution in [1.29, 1.82) is 0 Å². The molecule has 1 aromatic rings. The van der Waals surface area contributed by atoms with Gasteiger partial charge in [0.2, 0.25) is 0 Å². The number of amides is 1. The molecular formula is C10H15BrN2O2S. The van der Waals surface area contributed by atoms with E-state index >= 15 is 0 Å². The van der Waals surface area contributed by atoms with Gasteiger partial charge in [-0.05, 0) is 27.4 Å². The molecule has 1 rings (SSSR count). The van der Waals surface area contributed by atoms with Crippen molar-refractivity contribution in [3.05, 3.63) is 20.8 Å². The predicted molar refractivity (Wildman–Crippen MR) is 69.1 cm³/mol. The lowest BCUT2D eigenvalue weighted by atomic mass is 10.4. The first-order valence-electron chi connectivity index (χ1n) is 4.96. The number of halogens is 1. The molecule has 0 bridgehead atoms. The predicted octanol–water partition coefficient (Wildman–Crippen LogP) is 1.48. The standard InChI is InChI=1S/C10H15BrN2O2S/c1-15-6-5-12-3-4-13-10(14)9-8(11)2-7-16-9/h2,7,12H,3-6H2,1H3,(H,13,14). The molecule has 1 aromatic heterocycles. The molecule has 1 heterocycles. The molecule has 0 saturated carbocycles. The van der Waals surface area contributed by atoms with Gasteiger partial charge in [-0.15, -0.1) is 11.3 Å². The minimum Gasteiger partial charge on any atom is -0.383 e. The molecule has 90 valence electrons. The Morgan fingerprint density at radius 3 is 2.94 bits per heavy atom. The molecule has 0 aliphatic heterocycles. The van der Waals surface area contributed by atoms with E-state index in [0.29, 0.717) is 13.2 Å². The summed E-state index contributed by atoms with van der Waals surface area (Å²) in [6.07, 6.45) is 0. The van der Waals surface area contributed by atoms with E-state index in [1.807, 2.05) is 11.4 Å². The number of carbonyl (C=O) groups excluding carboxylic acids is 1. The van der Waals surface area contributed by atoms with Gasteiger partial charge in [-0.25, -0.2) is 0 Å². The second-order valence-electron chi connectivity index (χ2n) is 3.10. The van der Waals surface area contributed by atoms with Crippen LogP contribution in [0.4, 0.5) is 0 Å². The molecule has 0 spiro atoms. The summed E-state index contributed by atoms with van der Waals surface area (Å²) in [6, 6.07) is 1.87. The summed E-state index contributed by atoms with van der Waals surface area (Å²) >= 11 is 4.76. The Morgan fingerprint density at radius 2 is 2.31 bits per heavy atom. The van der Waals surface area contributed by atoms with Crippen molar-refractivity contribution in [2.75, 3.05) is 33.4 Å². The molecule has 0 saturated heterocycles. The van der Waals surface area contributed by atoms with Crippen LogP contribution in [0.3, 0.4) is 0 Å². The maximum atomic E-state index is 11.6. The smallest absolute Gasteiger partial charge is 0.262 e. The average molecular weight is 307 g/mol. The molecule has 1 amide bonds. The van der Waals surface area contributed by atoms with Crippen LogP contribution in [0.15, 0.2) is 15.9 Å². The third-order valence-corrected chi connectivity index (χ3v) is 3.73. The molecule has 0 aliphatic rings. The summed E-state index contributed by atoms with van der Waals surface area (Å²) in [5, 5.41) is 7.88. The molecule has 16 heavy (non-hydrogen) atoms.